The third-order valence-electron chi connectivity index (χ3n) is 4.08. The zero-order valence-corrected chi connectivity index (χ0v) is 10.6. The largest absolute Gasteiger partial charge is 0.390 e. The molecule has 5 nitrogen and oxygen atoms in total. The molecule has 4 unspecified atom stereocenters. The third kappa shape index (κ3) is 2.48. The maximum absolute atomic E-state index is 11.9. The van der Waals surface area contributed by atoms with Crippen LogP contribution in [-0.2, 0) is 4.79 Å². The zero-order valence-electron chi connectivity index (χ0n) is 10.6. The Labute approximate surface area is 111 Å². The smallest absolute Gasteiger partial charge is 0.223 e. The van der Waals surface area contributed by atoms with Gasteiger partial charge in [-0.15, -0.1) is 0 Å². The molecule has 5 heteroatoms. The van der Waals surface area contributed by atoms with E-state index in [1.807, 2.05) is 12.1 Å². The minimum absolute atomic E-state index is 0.00259. The summed E-state index contributed by atoms with van der Waals surface area (Å²) in [4.78, 5) is 15.8. The molecule has 1 amide bonds. The Morgan fingerprint density at radius 1 is 1.26 bits per heavy atom. The first-order valence-electron chi connectivity index (χ1n) is 6.73. The van der Waals surface area contributed by atoms with Gasteiger partial charge in [-0.25, -0.2) is 0 Å². The predicted octanol–water partition coefficient (Wildman–Crippen LogP) is 0.185. The molecule has 4 atom stereocenters. The molecule has 2 fully saturated rings. The molecule has 2 aliphatic rings. The molecule has 1 aromatic heterocycles. The molecule has 3 N–H and O–H groups in total. The Kier molecular flexibility index (Phi) is 3.24. The van der Waals surface area contributed by atoms with Crippen LogP contribution in [0.25, 0.3) is 0 Å². The van der Waals surface area contributed by atoms with Gasteiger partial charge in [-0.05, 0) is 37.0 Å². The third-order valence-corrected chi connectivity index (χ3v) is 4.08. The minimum Gasteiger partial charge on any atom is -0.390 e. The number of hydrogen-bond acceptors (Lipinski definition) is 4. The Balaban J connectivity index is 1.79. The molecule has 2 aliphatic carbocycles. The van der Waals surface area contributed by atoms with Gasteiger partial charge < -0.3 is 15.5 Å². The summed E-state index contributed by atoms with van der Waals surface area (Å²) in [6, 6.07) is 3.32. The number of amides is 1. The number of nitrogens with zero attached hydrogens (tertiary/aromatic N) is 1. The minimum atomic E-state index is -0.902. The van der Waals surface area contributed by atoms with E-state index in [2.05, 4.69) is 10.3 Å². The summed E-state index contributed by atoms with van der Waals surface area (Å²) >= 11 is 0. The van der Waals surface area contributed by atoms with Crippen molar-refractivity contribution in [1.29, 1.82) is 0 Å². The SMILES string of the molecule is O=C(NC1C(c2ccncc2)CC(O)C1O)C1CC1. The molecule has 0 bridgehead atoms. The number of aliphatic hydroxyl groups is 2. The first kappa shape index (κ1) is 12.6. The molecule has 0 aliphatic heterocycles. The van der Waals surface area contributed by atoms with Crippen LogP contribution >= 0.6 is 0 Å². The number of pyridine rings is 1. The topological polar surface area (TPSA) is 82.5 Å². The van der Waals surface area contributed by atoms with Gasteiger partial charge in [0.1, 0.15) is 6.10 Å². The molecular weight excluding hydrogens is 244 g/mol. The molecule has 1 heterocycles. The molecule has 0 radical (unpaired) electrons. The molecule has 0 spiro atoms. The van der Waals surface area contributed by atoms with Crippen molar-refractivity contribution in [3.8, 4) is 0 Å². The van der Waals surface area contributed by atoms with Gasteiger partial charge in [-0.1, -0.05) is 0 Å². The van der Waals surface area contributed by atoms with E-state index in [0.29, 0.717) is 6.42 Å². The van der Waals surface area contributed by atoms with Crippen LogP contribution in [0.2, 0.25) is 0 Å². The van der Waals surface area contributed by atoms with Gasteiger partial charge in [0.15, 0.2) is 0 Å². The van der Waals surface area contributed by atoms with E-state index in [1.54, 1.807) is 12.4 Å². The summed E-state index contributed by atoms with van der Waals surface area (Å²) in [5, 5.41) is 22.8. The van der Waals surface area contributed by atoms with E-state index in [4.69, 9.17) is 0 Å². The van der Waals surface area contributed by atoms with Crippen LogP contribution in [0, 0.1) is 5.92 Å². The van der Waals surface area contributed by atoms with Crippen LogP contribution in [-0.4, -0.2) is 39.4 Å². The van der Waals surface area contributed by atoms with Gasteiger partial charge in [0.2, 0.25) is 5.91 Å². The quantitative estimate of drug-likeness (QED) is 0.726. The summed E-state index contributed by atoms with van der Waals surface area (Å²) in [5.41, 5.74) is 0.992. The van der Waals surface area contributed by atoms with Gasteiger partial charge in [0.25, 0.3) is 0 Å². The number of aromatic nitrogens is 1. The average molecular weight is 262 g/mol. The normalized spacial score (nSPS) is 34.2. The zero-order chi connectivity index (χ0) is 13.4. The van der Waals surface area contributed by atoms with Crippen LogP contribution in [0.5, 0.6) is 0 Å². The molecule has 2 saturated carbocycles. The van der Waals surface area contributed by atoms with Crippen molar-refractivity contribution in [2.45, 2.75) is 43.4 Å². The summed E-state index contributed by atoms with van der Waals surface area (Å²) in [6.07, 6.45) is 4.00. The molecule has 19 heavy (non-hydrogen) atoms. The van der Waals surface area contributed by atoms with E-state index in [0.717, 1.165) is 18.4 Å². The van der Waals surface area contributed by atoms with Crippen molar-refractivity contribution >= 4 is 5.91 Å². The van der Waals surface area contributed by atoms with E-state index < -0.39 is 18.2 Å². The van der Waals surface area contributed by atoms with E-state index in [-0.39, 0.29) is 17.7 Å². The highest BCUT2D eigenvalue weighted by Crippen LogP contribution is 2.36. The van der Waals surface area contributed by atoms with Crippen LogP contribution in [0.3, 0.4) is 0 Å². The fourth-order valence-corrected chi connectivity index (χ4v) is 2.79. The highest BCUT2D eigenvalue weighted by Gasteiger charge is 2.44. The number of carbonyl (C=O) groups is 1. The average Bonchev–Trinajstić information content (AvgIpc) is 3.23. The van der Waals surface area contributed by atoms with E-state index >= 15 is 0 Å². The number of nitrogens with one attached hydrogen (secondary N) is 1. The number of hydrogen-bond donors (Lipinski definition) is 3. The van der Waals surface area contributed by atoms with Crippen molar-refractivity contribution < 1.29 is 15.0 Å². The van der Waals surface area contributed by atoms with Gasteiger partial charge in [-0.2, -0.15) is 0 Å². The number of rotatable bonds is 3. The van der Waals surface area contributed by atoms with Crippen LogP contribution in [0.1, 0.15) is 30.7 Å². The Hall–Kier alpha value is -1.46. The van der Waals surface area contributed by atoms with Gasteiger partial charge in [0.05, 0.1) is 12.1 Å². The van der Waals surface area contributed by atoms with E-state index in [9.17, 15) is 15.0 Å². The molecule has 3 rings (SSSR count). The Morgan fingerprint density at radius 2 is 1.95 bits per heavy atom. The van der Waals surface area contributed by atoms with Gasteiger partial charge in [-0.3, -0.25) is 9.78 Å². The summed E-state index contributed by atoms with van der Waals surface area (Å²) in [7, 11) is 0. The molecular formula is C14H18N2O3. The highest BCUT2D eigenvalue weighted by atomic mass is 16.3. The lowest BCUT2D eigenvalue weighted by atomic mass is 9.94. The highest BCUT2D eigenvalue weighted by molar-refractivity contribution is 5.81. The van der Waals surface area contributed by atoms with Crippen molar-refractivity contribution in [2.75, 3.05) is 0 Å². The van der Waals surface area contributed by atoms with Crippen molar-refractivity contribution in [2.24, 2.45) is 5.92 Å². The lowest BCUT2D eigenvalue weighted by Gasteiger charge is -2.23. The first-order valence-corrected chi connectivity index (χ1v) is 6.73. The van der Waals surface area contributed by atoms with Crippen molar-refractivity contribution in [1.82, 2.24) is 10.3 Å². The number of aliphatic hydroxyl groups excluding tert-OH is 2. The lowest BCUT2D eigenvalue weighted by molar-refractivity contribution is -0.124. The molecule has 1 aromatic rings. The summed E-state index contributed by atoms with van der Waals surface area (Å²) in [5.74, 6) is 0.0379. The molecule has 102 valence electrons. The fourth-order valence-electron chi connectivity index (χ4n) is 2.79. The second kappa shape index (κ2) is 4.90. The van der Waals surface area contributed by atoms with Crippen LogP contribution in [0.4, 0.5) is 0 Å². The summed E-state index contributed by atoms with van der Waals surface area (Å²) < 4.78 is 0. The maximum atomic E-state index is 11.9. The van der Waals surface area contributed by atoms with Gasteiger partial charge >= 0.3 is 0 Å². The Morgan fingerprint density at radius 3 is 2.58 bits per heavy atom. The van der Waals surface area contributed by atoms with Crippen molar-refractivity contribution in [3.63, 3.8) is 0 Å². The standard InChI is InChI=1S/C14H18N2O3/c17-11-7-10(8-3-5-15-6-4-8)12(13(11)18)16-14(19)9-1-2-9/h3-6,9-13,17-18H,1-2,7H2,(H,16,19). The predicted molar refractivity (Wildman–Crippen MR) is 68.3 cm³/mol. The first-order chi connectivity index (χ1) is 9.16. The number of carbonyl (C=O) groups excluding carboxylic acids is 1. The second-order valence-corrected chi connectivity index (χ2v) is 5.49. The Bertz CT molecular complexity index is 461. The monoisotopic (exact) mass is 262 g/mol. The molecule has 0 aromatic carbocycles. The second-order valence-electron chi connectivity index (χ2n) is 5.49. The lowest BCUT2D eigenvalue weighted by Crippen LogP contribution is -2.45. The fraction of sp³-hybridized carbons (Fsp3) is 0.571. The maximum Gasteiger partial charge on any atom is 0.223 e. The van der Waals surface area contributed by atoms with Gasteiger partial charge in [0, 0.05) is 24.2 Å². The van der Waals surface area contributed by atoms with Crippen molar-refractivity contribution in [3.05, 3.63) is 30.1 Å². The molecule has 0 saturated heterocycles. The summed E-state index contributed by atoms with van der Waals surface area (Å²) in [6.45, 7) is 0. The van der Waals surface area contributed by atoms with Crippen LogP contribution < -0.4 is 5.32 Å². The van der Waals surface area contributed by atoms with Crippen LogP contribution in [0.15, 0.2) is 24.5 Å². The van der Waals surface area contributed by atoms with E-state index in [1.165, 1.54) is 0 Å².